The molecule has 1 unspecified atom stereocenters. The molecule has 4 bridgehead atoms. The summed E-state index contributed by atoms with van der Waals surface area (Å²) >= 11 is 0. The molecule has 0 aromatic rings. The molecule has 0 amide bonds. The van der Waals surface area contributed by atoms with E-state index in [-0.39, 0.29) is 17.6 Å². The van der Waals surface area contributed by atoms with E-state index in [0.717, 1.165) is 25.9 Å². The summed E-state index contributed by atoms with van der Waals surface area (Å²) in [5.41, 5.74) is -3.67. The van der Waals surface area contributed by atoms with Crippen LogP contribution in [0, 0.1) is 17.3 Å². The third kappa shape index (κ3) is 1.35. The number of Topliss-reactive ketones (excluding diaryl/α,β-unsaturated/α-hetero) is 1. The first-order valence-electron chi connectivity index (χ1n) is 8.28. The normalized spacial score (nSPS) is 59.5. The van der Waals surface area contributed by atoms with Gasteiger partial charge in [-0.25, -0.2) is 0 Å². The van der Waals surface area contributed by atoms with E-state index < -0.39 is 22.8 Å². The van der Waals surface area contributed by atoms with Crippen LogP contribution in [0.3, 0.4) is 0 Å². The van der Waals surface area contributed by atoms with Gasteiger partial charge in [-0.2, -0.15) is 0 Å². The molecule has 3 N–H and O–H groups in total. The minimum absolute atomic E-state index is 0.0625. The molecule has 0 radical (unpaired) electrons. The van der Waals surface area contributed by atoms with Crippen LogP contribution in [0.5, 0.6) is 0 Å². The topological polar surface area (TPSA) is 81.0 Å². The zero-order valence-electron chi connectivity index (χ0n) is 12.6. The number of hydrogen-bond acceptors (Lipinski definition) is 5. The van der Waals surface area contributed by atoms with Crippen molar-refractivity contribution in [1.82, 2.24) is 4.90 Å². The van der Waals surface area contributed by atoms with E-state index in [1.807, 2.05) is 11.8 Å². The summed E-state index contributed by atoms with van der Waals surface area (Å²) in [6.45, 7) is 3.39. The van der Waals surface area contributed by atoms with Crippen LogP contribution in [0.1, 0.15) is 45.4 Å². The van der Waals surface area contributed by atoms with E-state index in [0.29, 0.717) is 25.7 Å². The van der Waals surface area contributed by atoms with Crippen molar-refractivity contribution in [3.63, 3.8) is 0 Å². The Bertz CT molecular complexity index is 497. The largest absolute Gasteiger partial charge is 0.393 e. The van der Waals surface area contributed by atoms with Gasteiger partial charge in [0.05, 0.1) is 11.5 Å². The predicted octanol–water partition coefficient (Wildman–Crippen LogP) is 0.272. The first-order valence-corrected chi connectivity index (χ1v) is 8.28. The fraction of sp³-hybridized carbons (Fsp3) is 0.938. The zero-order chi connectivity index (χ0) is 15.0. The van der Waals surface area contributed by atoms with Crippen molar-refractivity contribution in [2.45, 2.75) is 62.9 Å². The minimum atomic E-state index is -1.39. The van der Waals surface area contributed by atoms with Gasteiger partial charge in [0.1, 0.15) is 17.1 Å². The Hall–Kier alpha value is -0.490. The van der Waals surface area contributed by atoms with Crippen LogP contribution in [0.25, 0.3) is 0 Å². The molecule has 2 heterocycles. The average molecular weight is 295 g/mol. The number of rotatable bonds is 0. The highest BCUT2D eigenvalue weighted by Gasteiger charge is 2.78. The van der Waals surface area contributed by atoms with Crippen LogP contribution < -0.4 is 0 Å². The summed E-state index contributed by atoms with van der Waals surface area (Å²) in [5.74, 6) is -0.340. The molecule has 1 spiro atoms. The number of aliphatic hydroxyl groups excluding tert-OH is 1. The highest BCUT2D eigenvalue weighted by Crippen LogP contribution is 2.67. The van der Waals surface area contributed by atoms with Gasteiger partial charge >= 0.3 is 0 Å². The number of nitrogens with zero attached hydrogens (tertiary/aromatic N) is 1. The molecule has 0 aromatic heterocycles. The summed E-state index contributed by atoms with van der Waals surface area (Å²) in [4.78, 5) is 14.9. The van der Waals surface area contributed by atoms with Gasteiger partial charge in [-0.05, 0) is 38.0 Å². The molecule has 0 aromatic carbocycles. The van der Waals surface area contributed by atoms with Crippen molar-refractivity contribution in [1.29, 1.82) is 0 Å². The van der Waals surface area contributed by atoms with Crippen molar-refractivity contribution in [3.05, 3.63) is 0 Å². The standard InChI is InChI=1S/C16H25NO4/c1-10-8-12(18)14-4-2-6-17-7-3-5-15(14,20)16(17,21)9-11(14)13(10)19/h10-11,13,19-21H,2-9H2,1H3/t10-,11+,13-,14+,15-,16+/m0/s1. The van der Waals surface area contributed by atoms with Crippen molar-refractivity contribution >= 4 is 5.78 Å². The van der Waals surface area contributed by atoms with E-state index in [9.17, 15) is 20.1 Å². The highest BCUT2D eigenvalue weighted by atomic mass is 16.4. The van der Waals surface area contributed by atoms with Gasteiger partial charge in [-0.1, -0.05) is 6.92 Å². The van der Waals surface area contributed by atoms with E-state index in [1.165, 1.54) is 0 Å². The van der Waals surface area contributed by atoms with Gasteiger partial charge in [0, 0.05) is 25.4 Å². The van der Waals surface area contributed by atoms with Crippen LogP contribution in [0.15, 0.2) is 0 Å². The molecule has 2 saturated carbocycles. The molecule has 21 heavy (non-hydrogen) atoms. The lowest BCUT2D eigenvalue weighted by molar-refractivity contribution is -0.257. The van der Waals surface area contributed by atoms with E-state index in [2.05, 4.69) is 0 Å². The Morgan fingerprint density at radius 3 is 2.57 bits per heavy atom. The van der Waals surface area contributed by atoms with Crippen LogP contribution in [0.4, 0.5) is 0 Å². The van der Waals surface area contributed by atoms with Crippen molar-refractivity contribution in [2.24, 2.45) is 17.3 Å². The fourth-order valence-electron chi connectivity index (χ4n) is 6.06. The number of carbonyl (C=O) groups excluding carboxylic acids is 1. The van der Waals surface area contributed by atoms with Crippen LogP contribution in [-0.4, -0.2) is 56.5 Å². The molecule has 4 aliphatic rings. The molecule has 2 aliphatic carbocycles. The van der Waals surface area contributed by atoms with E-state index >= 15 is 0 Å². The summed E-state index contributed by atoms with van der Waals surface area (Å²) in [5, 5.41) is 33.4. The molecule has 118 valence electrons. The third-order valence-corrected chi connectivity index (χ3v) is 7.03. The Kier molecular flexibility index (Phi) is 2.74. The molecule has 7 atom stereocenters. The number of carbonyl (C=O) groups is 1. The van der Waals surface area contributed by atoms with Crippen molar-refractivity contribution in [3.8, 4) is 0 Å². The van der Waals surface area contributed by atoms with E-state index in [1.54, 1.807) is 0 Å². The third-order valence-electron chi connectivity index (χ3n) is 7.03. The highest BCUT2D eigenvalue weighted by molar-refractivity contribution is 5.89. The molecule has 4 rings (SSSR count). The Morgan fingerprint density at radius 2 is 1.86 bits per heavy atom. The number of ketones is 1. The lowest BCUT2D eigenvalue weighted by Gasteiger charge is -2.54. The van der Waals surface area contributed by atoms with Crippen LogP contribution >= 0.6 is 0 Å². The SMILES string of the molecule is C[C@H]1CC(=O)[C@]23CCCN4CCC[C@@]2(O)[C@]4(O)C[C@@H]3[C@H]1O. The maximum absolute atomic E-state index is 13.0. The Morgan fingerprint density at radius 1 is 1.19 bits per heavy atom. The Balaban J connectivity index is 1.93. The van der Waals surface area contributed by atoms with Crippen LogP contribution in [-0.2, 0) is 4.79 Å². The quantitative estimate of drug-likeness (QED) is 0.598. The van der Waals surface area contributed by atoms with Crippen LogP contribution in [0.2, 0.25) is 0 Å². The molecular weight excluding hydrogens is 270 g/mol. The zero-order valence-corrected chi connectivity index (χ0v) is 12.6. The number of piperidine rings is 1. The molecular formula is C16H25NO4. The first kappa shape index (κ1) is 14.1. The van der Waals surface area contributed by atoms with E-state index in [4.69, 9.17) is 0 Å². The van der Waals surface area contributed by atoms with Gasteiger partial charge in [0.2, 0.25) is 0 Å². The van der Waals surface area contributed by atoms with Gasteiger partial charge in [0.15, 0.2) is 0 Å². The summed E-state index contributed by atoms with van der Waals surface area (Å²) in [6.07, 6.45) is 2.68. The van der Waals surface area contributed by atoms with Crippen molar-refractivity contribution in [2.75, 3.05) is 13.1 Å². The number of hydrogen-bond donors (Lipinski definition) is 3. The maximum Gasteiger partial charge on any atom is 0.148 e. The summed E-state index contributed by atoms with van der Waals surface area (Å²) < 4.78 is 0. The minimum Gasteiger partial charge on any atom is -0.393 e. The summed E-state index contributed by atoms with van der Waals surface area (Å²) in [7, 11) is 0. The molecule has 5 nitrogen and oxygen atoms in total. The predicted molar refractivity (Wildman–Crippen MR) is 75.3 cm³/mol. The second-order valence-corrected chi connectivity index (χ2v) is 7.75. The lowest BCUT2D eigenvalue weighted by Crippen LogP contribution is -2.69. The summed E-state index contributed by atoms with van der Waals surface area (Å²) in [6, 6.07) is 0. The molecule has 2 saturated heterocycles. The fourth-order valence-corrected chi connectivity index (χ4v) is 6.06. The monoisotopic (exact) mass is 295 g/mol. The maximum atomic E-state index is 13.0. The number of aliphatic hydroxyl groups is 3. The van der Waals surface area contributed by atoms with Gasteiger partial charge in [-0.3, -0.25) is 9.69 Å². The second-order valence-electron chi connectivity index (χ2n) is 7.75. The first-order chi connectivity index (χ1) is 9.87. The van der Waals surface area contributed by atoms with Crippen molar-refractivity contribution < 1.29 is 20.1 Å². The van der Waals surface area contributed by atoms with Gasteiger partial charge in [0.25, 0.3) is 0 Å². The van der Waals surface area contributed by atoms with Gasteiger partial charge in [-0.15, -0.1) is 0 Å². The Labute approximate surface area is 124 Å². The molecule has 5 heteroatoms. The molecule has 4 fully saturated rings. The smallest absolute Gasteiger partial charge is 0.148 e. The average Bonchev–Trinajstić information content (AvgIpc) is 2.63. The second kappa shape index (κ2) is 4.07. The molecule has 2 aliphatic heterocycles. The lowest BCUT2D eigenvalue weighted by atomic mass is 9.55. The van der Waals surface area contributed by atoms with Gasteiger partial charge < -0.3 is 15.3 Å².